The van der Waals surface area contributed by atoms with Crippen LogP contribution in [0.3, 0.4) is 0 Å². The van der Waals surface area contributed by atoms with E-state index in [9.17, 15) is 14.7 Å². The van der Waals surface area contributed by atoms with E-state index in [1.807, 2.05) is 37.3 Å². The van der Waals surface area contributed by atoms with Crippen molar-refractivity contribution in [2.75, 3.05) is 6.54 Å². The molecule has 2 heterocycles. The van der Waals surface area contributed by atoms with Crippen LogP contribution in [0.5, 0.6) is 0 Å². The van der Waals surface area contributed by atoms with E-state index in [2.05, 4.69) is 0 Å². The number of benzene rings is 1. The van der Waals surface area contributed by atoms with Gasteiger partial charge in [-0.15, -0.1) is 0 Å². The molecule has 3 rings (SSSR count). The highest BCUT2D eigenvalue weighted by Gasteiger charge is 2.31. The van der Waals surface area contributed by atoms with E-state index in [0.717, 1.165) is 11.3 Å². The van der Waals surface area contributed by atoms with Gasteiger partial charge < -0.3 is 14.4 Å². The highest BCUT2D eigenvalue weighted by molar-refractivity contribution is 5.86. The monoisotopic (exact) mass is 314 g/mol. The molecule has 120 valence electrons. The van der Waals surface area contributed by atoms with Crippen LogP contribution in [-0.4, -0.2) is 33.2 Å². The first-order valence-corrected chi connectivity index (χ1v) is 7.48. The molecule has 0 saturated heterocycles. The summed E-state index contributed by atoms with van der Waals surface area (Å²) in [6.07, 6.45) is -0.384. The predicted molar refractivity (Wildman–Crippen MR) is 83.1 cm³/mol. The van der Waals surface area contributed by atoms with E-state index >= 15 is 0 Å². The zero-order valence-electron chi connectivity index (χ0n) is 12.8. The summed E-state index contributed by atoms with van der Waals surface area (Å²) in [6, 6.07) is 12.6. The molecule has 0 spiro atoms. The van der Waals surface area contributed by atoms with Crippen LogP contribution in [0.15, 0.2) is 42.5 Å². The number of carboxylic acids is 1. The number of aromatic carboxylic acids is 1. The van der Waals surface area contributed by atoms with Gasteiger partial charge in [0.15, 0.2) is 0 Å². The SMILES string of the molecule is CC1c2ccc(C(=O)O)n2CCN1C(=O)OCc1ccccc1. The molecule has 0 saturated carbocycles. The highest BCUT2D eigenvalue weighted by atomic mass is 16.6. The molecular formula is C17H18N2O4. The van der Waals surface area contributed by atoms with Gasteiger partial charge in [0.2, 0.25) is 0 Å². The predicted octanol–water partition coefficient (Wildman–Crippen LogP) is 2.90. The number of carbonyl (C=O) groups excluding carboxylic acids is 1. The molecule has 0 bridgehead atoms. The summed E-state index contributed by atoms with van der Waals surface area (Å²) in [5.74, 6) is -0.955. The summed E-state index contributed by atoms with van der Waals surface area (Å²) in [6.45, 7) is 2.98. The maximum Gasteiger partial charge on any atom is 0.410 e. The normalized spacial score (nSPS) is 16.7. The fraction of sp³-hybridized carbons (Fsp3) is 0.294. The molecule has 1 aliphatic rings. The fourth-order valence-electron chi connectivity index (χ4n) is 2.90. The third-order valence-corrected chi connectivity index (χ3v) is 4.13. The largest absolute Gasteiger partial charge is 0.477 e. The molecule has 1 aliphatic heterocycles. The number of aromatic nitrogens is 1. The number of hydrogen-bond acceptors (Lipinski definition) is 3. The van der Waals surface area contributed by atoms with E-state index < -0.39 is 5.97 Å². The molecule has 6 nitrogen and oxygen atoms in total. The maximum atomic E-state index is 12.3. The molecule has 1 amide bonds. The first kappa shape index (κ1) is 15.1. The summed E-state index contributed by atoms with van der Waals surface area (Å²) >= 11 is 0. The van der Waals surface area contributed by atoms with Crippen LogP contribution in [0.1, 0.15) is 34.7 Å². The van der Waals surface area contributed by atoms with Gasteiger partial charge in [0.05, 0.1) is 6.04 Å². The van der Waals surface area contributed by atoms with Crippen molar-refractivity contribution in [3.63, 3.8) is 0 Å². The maximum absolute atomic E-state index is 12.3. The average molecular weight is 314 g/mol. The molecule has 1 N–H and O–H groups in total. The third-order valence-electron chi connectivity index (χ3n) is 4.13. The summed E-state index contributed by atoms with van der Waals surface area (Å²) < 4.78 is 7.11. The Balaban J connectivity index is 1.69. The van der Waals surface area contributed by atoms with E-state index in [-0.39, 0.29) is 24.4 Å². The van der Waals surface area contributed by atoms with Crippen molar-refractivity contribution >= 4 is 12.1 Å². The van der Waals surface area contributed by atoms with Crippen LogP contribution in [0.4, 0.5) is 4.79 Å². The third kappa shape index (κ3) is 2.92. The van der Waals surface area contributed by atoms with Crippen LogP contribution in [-0.2, 0) is 17.9 Å². The van der Waals surface area contributed by atoms with Crippen LogP contribution in [0, 0.1) is 0 Å². The minimum absolute atomic E-state index is 0.222. The fourth-order valence-corrected chi connectivity index (χ4v) is 2.90. The molecule has 0 fully saturated rings. The van der Waals surface area contributed by atoms with Gasteiger partial charge in [0.25, 0.3) is 0 Å². The minimum atomic E-state index is -0.955. The second-order valence-corrected chi connectivity index (χ2v) is 5.51. The molecular weight excluding hydrogens is 296 g/mol. The Morgan fingerprint density at radius 3 is 2.61 bits per heavy atom. The van der Waals surface area contributed by atoms with Crippen molar-refractivity contribution < 1.29 is 19.4 Å². The first-order valence-electron chi connectivity index (χ1n) is 7.48. The molecule has 6 heteroatoms. The number of amides is 1. The molecule has 0 aliphatic carbocycles. The molecule has 23 heavy (non-hydrogen) atoms. The molecule has 2 aromatic rings. The lowest BCUT2D eigenvalue weighted by atomic mass is 10.1. The van der Waals surface area contributed by atoms with Crippen molar-refractivity contribution in [2.45, 2.75) is 26.1 Å². The smallest absolute Gasteiger partial charge is 0.410 e. The molecule has 1 unspecified atom stereocenters. The number of ether oxygens (including phenoxy) is 1. The van der Waals surface area contributed by atoms with Gasteiger partial charge in [0.1, 0.15) is 12.3 Å². The van der Waals surface area contributed by atoms with Crippen molar-refractivity contribution in [3.8, 4) is 0 Å². The second kappa shape index (κ2) is 6.16. The lowest BCUT2D eigenvalue weighted by Gasteiger charge is -2.34. The van der Waals surface area contributed by atoms with Gasteiger partial charge in [-0.05, 0) is 24.6 Å². The van der Waals surface area contributed by atoms with E-state index in [1.54, 1.807) is 21.6 Å². The van der Waals surface area contributed by atoms with E-state index in [1.165, 1.54) is 0 Å². The average Bonchev–Trinajstić information content (AvgIpc) is 2.99. The lowest BCUT2D eigenvalue weighted by Crippen LogP contribution is -2.41. The number of rotatable bonds is 3. The summed E-state index contributed by atoms with van der Waals surface area (Å²) in [5, 5.41) is 9.18. The van der Waals surface area contributed by atoms with Crippen LogP contribution in [0.25, 0.3) is 0 Å². The van der Waals surface area contributed by atoms with Crippen molar-refractivity contribution in [2.24, 2.45) is 0 Å². The summed E-state index contributed by atoms with van der Waals surface area (Å²) in [4.78, 5) is 25.1. The molecule has 0 radical (unpaired) electrons. The van der Waals surface area contributed by atoms with E-state index in [0.29, 0.717) is 13.1 Å². The van der Waals surface area contributed by atoms with Gasteiger partial charge in [-0.3, -0.25) is 4.90 Å². The van der Waals surface area contributed by atoms with Gasteiger partial charge in [0, 0.05) is 18.8 Å². The van der Waals surface area contributed by atoms with Crippen molar-refractivity contribution in [1.29, 1.82) is 0 Å². The standard InChI is InChI=1S/C17H18N2O4/c1-12-14-7-8-15(16(20)21)19(14)10-9-18(12)17(22)23-11-13-5-3-2-4-6-13/h2-8,12H,9-11H2,1H3,(H,20,21). The number of hydrogen-bond donors (Lipinski definition) is 1. The van der Waals surface area contributed by atoms with Crippen molar-refractivity contribution in [3.05, 3.63) is 59.4 Å². The van der Waals surface area contributed by atoms with Crippen molar-refractivity contribution in [1.82, 2.24) is 9.47 Å². The van der Waals surface area contributed by atoms with Crippen LogP contribution in [0.2, 0.25) is 0 Å². The number of carboxylic acid groups (broad SMARTS) is 1. The van der Waals surface area contributed by atoms with E-state index in [4.69, 9.17) is 4.74 Å². The summed E-state index contributed by atoms with van der Waals surface area (Å²) in [7, 11) is 0. The zero-order chi connectivity index (χ0) is 16.4. The lowest BCUT2D eigenvalue weighted by molar-refractivity contribution is 0.0661. The topological polar surface area (TPSA) is 71.8 Å². The Morgan fingerprint density at radius 1 is 1.17 bits per heavy atom. The Kier molecular flexibility index (Phi) is 4.06. The first-order chi connectivity index (χ1) is 11.1. The highest BCUT2D eigenvalue weighted by Crippen LogP contribution is 2.28. The zero-order valence-corrected chi connectivity index (χ0v) is 12.8. The Bertz CT molecular complexity index is 723. The number of carbonyl (C=O) groups is 2. The number of fused-ring (bicyclic) bond motifs is 1. The van der Waals surface area contributed by atoms with Gasteiger partial charge in [-0.25, -0.2) is 9.59 Å². The minimum Gasteiger partial charge on any atom is -0.477 e. The number of nitrogens with zero attached hydrogens (tertiary/aromatic N) is 2. The molecule has 1 atom stereocenters. The van der Waals surface area contributed by atoms with Gasteiger partial charge >= 0.3 is 12.1 Å². The second-order valence-electron chi connectivity index (χ2n) is 5.51. The Morgan fingerprint density at radius 2 is 1.91 bits per heavy atom. The van der Waals surface area contributed by atoms with Gasteiger partial charge in [-0.2, -0.15) is 0 Å². The van der Waals surface area contributed by atoms with Crippen LogP contribution < -0.4 is 0 Å². The van der Waals surface area contributed by atoms with Crippen LogP contribution >= 0.6 is 0 Å². The Labute approximate surface area is 133 Å². The Hall–Kier alpha value is -2.76. The molecule has 1 aromatic carbocycles. The molecule has 1 aromatic heterocycles. The van der Waals surface area contributed by atoms with Gasteiger partial charge in [-0.1, -0.05) is 30.3 Å². The summed E-state index contributed by atoms with van der Waals surface area (Å²) in [5.41, 5.74) is 2.00. The quantitative estimate of drug-likeness (QED) is 0.945.